The van der Waals surface area contributed by atoms with Gasteiger partial charge in [-0.1, -0.05) is 12.1 Å². The van der Waals surface area contributed by atoms with Gasteiger partial charge in [0.05, 0.1) is 13.2 Å². The van der Waals surface area contributed by atoms with Crippen molar-refractivity contribution in [2.75, 3.05) is 7.11 Å². The van der Waals surface area contributed by atoms with E-state index in [1.807, 2.05) is 0 Å². The van der Waals surface area contributed by atoms with E-state index in [1.54, 1.807) is 0 Å². The summed E-state index contributed by atoms with van der Waals surface area (Å²) in [5.41, 5.74) is 5.01. The lowest BCUT2D eigenvalue weighted by Gasteiger charge is -2.23. The Kier molecular flexibility index (Phi) is 3.94. The number of nitrogens with two attached hydrogens (primary N) is 1. The highest BCUT2D eigenvalue weighted by Gasteiger charge is 2.43. The number of benzene rings is 1. The molecule has 0 fully saturated rings. The van der Waals surface area contributed by atoms with E-state index in [0.717, 1.165) is 13.2 Å². The van der Waals surface area contributed by atoms with Crippen LogP contribution in [0, 0.1) is 5.82 Å². The number of aliphatic hydroxyl groups excluding tert-OH is 1. The van der Waals surface area contributed by atoms with Crippen LogP contribution >= 0.6 is 0 Å². The zero-order chi connectivity index (χ0) is 13.2. The summed E-state index contributed by atoms with van der Waals surface area (Å²) in [7, 11) is 1.11. The molecule has 2 atom stereocenters. The van der Waals surface area contributed by atoms with Crippen molar-refractivity contribution in [3.63, 3.8) is 0 Å². The Hall–Kier alpha value is -1.34. The molecule has 0 unspecified atom stereocenters. The van der Waals surface area contributed by atoms with E-state index in [9.17, 15) is 17.6 Å². The number of para-hydroxylation sites is 1. The van der Waals surface area contributed by atoms with Crippen molar-refractivity contribution in [3.8, 4) is 5.75 Å². The largest absolute Gasteiger partial charge is 0.493 e. The zero-order valence-corrected chi connectivity index (χ0v) is 8.83. The molecule has 0 saturated carbocycles. The summed E-state index contributed by atoms with van der Waals surface area (Å²) in [6.07, 6.45) is -7.66. The first-order valence-corrected chi connectivity index (χ1v) is 4.61. The van der Waals surface area contributed by atoms with Crippen molar-refractivity contribution >= 4 is 0 Å². The fraction of sp³-hybridized carbons (Fsp3) is 0.400. The van der Waals surface area contributed by atoms with Gasteiger partial charge in [0, 0.05) is 5.56 Å². The molecule has 3 nitrogen and oxygen atoms in total. The monoisotopic (exact) mass is 253 g/mol. The Bertz CT molecular complexity index is 394. The summed E-state index contributed by atoms with van der Waals surface area (Å²) < 4.78 is 54.6. The molecule has 7 heteroatoms. The normalized spacial score (nSPS) is 15.5. The predicted octanol–water partition coefficient (Wildman–Crippen LogP) is 1.76. The first-order valence-electron chi connectivity index (χ1n) is 4.61. The van der Waals surface area contributed by atoms with Crippen molar-refractivity contribution in [1.82, 2.24) is 0 Å². The standard InChI is InChI=1S/C10H11F4NO2/c1-17-8-5(3-2-4-6(8)11)7(15)9(16)10(12,13)14/h2-4,7,9,16H,15H2,1H3/t7-,9-/m1/s1. The van der Waals surface area contributed by atoms with Gasteiger partial charge >= 0.3 is 6.18 Å². The number of methoxy groups -OCH3 is 1. The van der Waals surface area contributed by atoms with Crippen LogP contribution in [0.5, 0.6) is 5.75 Å². The first-order chi connectivity index (χ1) is 7.79. The molecule has 0 radical (unpaired) electrons. The maximum Gasteiger partial charge on any atom is 0.416 e. The van der Waals surface area contributed by atoms with Gasteiger partial charge in [0.1, 0.15) is 0 Å². The number of rotatable bonds is 3. The Labute approximate surface area is 94.8 Å². The second-order valence-electron chi connectivity index (χ2n) is 3.37. The molecule has 1 aromatic carbocycles. The first kappa shape index (κ1) is 13.7. The minimum absolute atomic E-state index is 0.239. The molecule has 0 saturated heterocycles. The van der Waals surface area contributed by atoms with Crippen LogP contribution in [0.4, 0.5) is 17.6 Å². The SMILES string of the molecule is COc1c(F)cccc1[C@@H](N)[C@@H](O)C(F)(F)F. The van der Waals surface area contributed by atoms with Crippen molar-refractivity contribution in [2.45, 2.75) is 18.3 Å². The van der Waals surface area contributed by atoms with Crippen LogP contribution in [0.25, 0.3) is 0 Å². The third kappa shape index (κ3) is 2.86. The fourth-order valence-corrected chi connectivity index (χ4v) is 1.38. The minimum atomic E-state index is -4.88. The second kappa shape index (κ2) is 4.89. The lowest BCUT2D eigenvalue weighted by Crippen LogP contribution is -2.39. The molecule has 0 aliphatic heterocycles. The summed E-state index contributed by atoms with van der Waals surface area (Å²) in [4.78, 5) is 0. The van der Waals surface area contributed by atoms with Crippen molar-refractivity contribution in [1.29, 1.82) is 0 Å². The molecule has 3 N–H and O–H groups in total. The number of hydrogen-bond acceptors (Lipinski definition) is 3. The third-order valence-corrected chi connectivity index (χ3v) is 2.24. The number of aliphatic hydroxyl groups is 1. The Balaban J connectivity index is 3.12. The fourth-order valence-electron chi connectivity index (χ4n) is 1.38. The number of alkyl halides is 3. The third-order valence-electron chi connectivity index (χ3n) is 2.24. The summed E-state index contributed by atoms with van der Waals surface area (Å²) >= 11 is 0. The second-order valence-corrected chi connectivity index (χ2v) is 3.37. The van der Waals surface area contributed by atoms with Crippen LogP contribution in [-0.2, 0) is 0 Å². The molecular formula is C10H11F4NO2. The van der Waals surface area contributed by atoms with Crippen molar-refractivity contribution in [3.05, 3.63) is 29.6 Å². The molecule has 0 amide bonds. The highest BCUT2D eigenvalue weighted by molar-refractivity contribution is 5.37. The summed E-state index contributed by atoms with van der Waals surface area (Å²) in [5.74, 6) is -1.24. The maximum atomic E-state index is 13.2. The average molecular weight is 253 g/mol. The highest BCUT2D eigenvalue weighted by Crippen LogP contribution is 2.34. The minimum Gasteiger partial charge on any atom is -0.493 e. The van der Waals surface area contributed by atoms with Gasteiger partial charge < -0.3 is 15.6 Å². The molecule has 0 bridgehead atoms. The molecule has 0 aliphatic carbocycles. The zero-order valence-electron chi connectivity index (χ0n) is 8.83. The van der Waals surface area contributed by atoms with Gasteiger partial charge in [-0.2, -0.15) is 13.2 Å². The van der Waals surface area contributed by atoms with Crippen molar-refractivity contribution in [2.24, 2.45) is 5.73 Å². The van der Waals surface area contributed by atoms with Crippen LogP contribution in [0.15, 0.2) is 18.2 Å². The molecule has 1 aromatic rings. The van der Waals surface area contributed by atoms with E-state index in [2.05, 4.69) is 4.74 Å². The quantitative estimate of drug-likeness (QED) is 0.807. The van der Waals surface area contributed by atoms with Crippen LogP contribution in [-0.4, -0.2) is 24.5 Å². The van der Waals surface area contributed by atoms with Crippen LogP contribution in [0.1, 0.15) is 11.6 Å². The van der Waals surface area contributed by atoms with E-state index in [1.165, 1.54) is 12.1 Å². The van der Waals surface area contributed by atoms with Gasteiger partial charge in [-0.05, 0) is 6.07 Å². The molecule has 0 aromatic heterocycles. The molecule has 0 heterocycles. The van der Waals surface area contributed by atoms with Crippen LogP contribution < -0.4 is 10.5 Å². The topological polar surface area (TPSA) is 55.5 Å². The van der Waals surface area contributed by atoms with E-state index in [0.29, 0.717) is 0 Å². The van der Waals surface area contributed by atoms with Gasteiger partial charge in [-0.15, -0.1) is 0 Å². The summed E-state index contributed by atoms with van der Waals surface area (Å²) in [6, 6.07) is 1.58. The predicted molar refractivity (Wildman–Crippen MR) is 51.9 cm³/mol. The highest BCUT2D eigenvalue weighted by atomic mass is 19.4. The molecule has 96 valence electrons. The molecule has 0 spiro atoms. The number of halogens is 4. The van der Waals surface area contributed by atoms with E-state index >= 15 is 0 Å². The van der Waals surface area contributed by atoms with Gasteiger partial charge in [-0.3, -0.25) is 0 Å². The lowest BCUT2D eigenvalue weighted by molar-refractivity contribution is -0.210. The lowest BCUT2D eigenvalue weighted by atomic mass is 10.0. The van der Waals surface area contributed by atoms with Crippen LogP contribution in [0.3, 0.4) is 0 Å². The van der Waals surface area contributed by atoms with E-state index in [-0.39, 0.29) is 5.56 Å². The van der Waals surface area contributed by atoms with Gasteiger partial charge in [0.2, 0.25) is 0 Å². The van der Waals surface area contributed by atoms with Gasteiger partial charge in [-0.25, -0.2) is 4.39 Å². The smallest absolute Gasteiger partial charge is 0.416 e. The Morgan fingerprint density at radius 2 is 1.94 bits per heavy atom. The van der Waals surface area contributed by atoms with Gasteiger partial charge in [0.15, 0.2) is 17.7 Å². The average Bonchev–Trinajstić information content (AvgIpc) is 2.25. The molecule has 0 aliphatic rings. The molecular weight excluding hydrogens is 242 g/mol. The summed E-state index contributed by atoms with van der Waals surface area (Å²) in [6.45, 7) is 0. The Morgan fingerprint density at radius 1 is 1.35 bits per heavy atom. The number of hydrogen-bond donors (Lipinski definition) is 2. The van der Waals surface area contributed by atoms with E-state index < -0.39 is 29.9 Å². The van der Waals surface area contributed by atoms with Crippen molar-refractivity contribution < 1.29 is 27.4 Å². The molecule has 17 heavy (non-hydrogen) atoms. The van der Waals surface area contributed by atoms with E-state index in [4.69, 9.17) is 10.8 Å². The maximum absolute atomic E-state index is 13.2. The van der Waals surface area contributed by atoms with Gasteiger partial charge in [0.25, 0.3) is 0 Å². The Morgan fingerprint density at radius 3 is 2.41 bits per heavy atom. The van der Waals surface area contributed by atoms with Crippen LogP contribution in [0.2, 0.25) is 0 Å². The molecule has 1 rings (SSSR count). The number of ether oxygens (including phenoxy) is 1. The summed E-state index contributed by atoms with van der Waals surface area (Å²) in [5, 5.41) is 8.99.